The van der Waals surface area contributed by atoms with Gasteiger partial charge in [-0.25, -0.2) is 8.42 Å². The lowest BCUT2D eigenvalue weighted by atomic mass is 10.1. The molecule has 1 saturated heterocycles. The summed E-state index contributed by atoms with van der Waals surface area (Å²) in [6.45, 7) is 3.57. The van der Waals surface area contributed by atoms with Gasteiger partial charge >= 0.3 is 5.97 Å². The fourth-order valence-corrected chi connectivity index (χ4v) is 5.67. The Bertz CT molecular complexity index is 1050. The summed E-state index contributed by atoms with van der Waals surface area (Å²) in [4.78, 5) is 27.0. The molecule has 0 saturated carbocycles. The Morgan fingerprint density at radius 3 is 2.24 bits per heavy atom. The van der Waals surface area contributed by atoms with Gasteiger partial charge in [-0.05, 0) is 42.5 Å². The van der Waals surface area contributed by atoms with Gasteiger partial charge in [0.2, 0.25) is 15.9 Å². The van der Waals surface area contributed by atoms with Crippen molar-refractivity contribution < 1.29 is 22.7 Å². The molecule has 184 valence electrons. The largest absolute Gasteiger partial charge is 0.469 e. The first-order chi connectivity index (χ1) is 16.3. The second kappa shape index (κ2) is 12.1. The molecule has 1 atom stereocenters. The number of rotatable bonds is 10. The molecule has 0 N–H and O–H groups in total. The zero-order chi connectivity index (χ0) is 24.6. The average molecular weight is 487 g/mol. The van der Waals surface area contributed by atoms with Crippen LogP contribution in [0.2, 0.25) is 0 Å². The third kappa shape index (κ3) is 6.90. The fourth-order valence-electron chi connectivity index (χ4n) is 4.16. The number of amides is 1. The van der Waals surface area contributed by atoms with Gasteiger partial charge in [-0.15, -0.1) is 0 Å². The molecule has 3 rings (SSSR count). The van der Waals surface area contributed by atoms with E-state index < -0.39 is 15.9 Å². The predicted molar refractivity (Wildman–Crippen MR) is 130 cm³/mol. The molecule has 2 aromatic rings. The van der Waals surface area contributed by atoms with Crippen molar-refractivity contribution in [2.75, 3.05) is 26.7 Å². The molecule has 7 nitrogen and oxygen atoms in total. The summed E-state index contributed by atoms with van der Waals surface area (Å²) < 4.78 is 32.1. The van der Waals surface area contributed by atoms with Crippen molar-refractivity contribution >= 4 is 21.9 Å². The summed E-state index contributed by atoms with van der Waals surface area (Å²) in [5, 5.41) is 0. The highest BCUT2D eigenvalue weighted by Crippen LogP contribution is 2.21. The normalized spacial score (nSPS) is 15.5. The molecular formula is C26H34N2O5S. The van der Waals surface area contributed by atoms with Gasteiger partial charge in [0.1, 0.15) is 0 Å². The van der Waals surface area contributed by atoms with E-state index in [0.29, 0.717) is 31.0 Å². The molecular weight excluding hydrogens is 452 g/mol. The highest BCUT2D eigenvalue weighted by Gasteiger charge is 2.26. The minimum absolute atomic E-state index is 0.0652. The molecule has 0 radical (unpaired) electrons. The Morgan fingerprint density at radius 2 is 1.62 bits per heavy atom. The molecule has 0 aliphatic carbocycles. The zero-order valence-electron chi connectivity index (χ0n) is 20.0. The van der Waals surface area contributed by atoms with Crippen LogP contribution in [0.25, 0.3) is 0 Å². The second-order valence-electron chi connectivity index (χ2n) is 8.79. The molecule has 1 amide bonds. The minimum atomic E-state index is -3.47. The highest BCUT2D eigenvalue weighted by atomic mass is 32.2. The SMILES string of the molecule is COC(=O)[C@@H](C)CN(Cc1ccccc1)C(=O)CCc1ccc(S(=O)(=O)N2CCCCC2)cc1. The molecule has 0 aromatic heterocycles. The zero-order valence-corrected chi connectivity index (χ0v) is 20.8. The van der Waals surface area contributed by atoms with Crippen LogP contribution in [-0.4, -0.2) is 56.2 Å². The standard InChI is InChI=1S/C26H34N2O5S/c1-21(26(30)33-2)19-27(20-23-9-5-3-6-10-23)25(29)16-13-22-11-14-24(15-12-22)34(31,32)28-17-7-4-8-18-28/h3,5-6,9-12,14-15,21H,4,7-8,13,16-20H2,1-2H3/t21-/m0/s1. The van der Waals surface area contributed by atoms with Gasteiger partial charge in [0.25, 0.3) is 0 Å². The Balaban J connectivity index is 1.64. The lowest BCUT2D eigenvalue weighted by Crippen LogP contribution is -2.37. The number of sulfonamides is 1. The fraction of sp³-hybridized carbons (Fsp3) is 0.462. The Labute approximate surface area is 202 Å². The third-order valence-corrected chi connectivity index (χ3v) is 8.08. The van der Waals surface area contributed by atoms with Gasteiger partial charge in [0.15, 0.2) is 0 Å². The molecule has 0 unspecified atom stereocenters. The topological polar surface area (TPSA) is 84.0 Å². The molecule has 1 aliphatic rings. The molecule has 0 spiro atoms. The van der Waals surface area contributed by atoms with E-state index in [4.69, 9.17) is 4.74 Å². The van der Waals surface area contributed by atoms with E-state index >= 15 is 0 Å². The lowest BCUT2D eigenvalue weighted by Gasteiger charge is -2.26. The number of piperidine rings is 1. The van der Waals surface area contributed by atoms with Gasteiger partial charge in [-0.2, -0.15) is 4.31 Å². The van der Waals surface area contributed by atoms with Crippen molar-refractivity contribution in [3.05, 3.63) is 65.7 Å². The van der Waals surface area contributed by atoms with Crippen LogP contribution in [0.4, 0.5) is 0 Å². The highest BCUT2D eigenvalue weighted by molar-refractivity contribution is 7.89. The summed E-state index contributed by atoms with van der Waals surface area (Å²) in [7, 11) is -2.12. The second-order valence-corrected chi connectivity index (χ2v) is 10.7. The first-order valence-corrected chi connectivity index (χ1v) is 13.2. The van der Waals surface area contributed by atoms with Crippen LogP contribution < -0.4 is 0 Å². The predicted octanol–water partition coefficient (Wildman–Crippen LogP) is 3.63. The lowest BCUT2D eigenvalue weighted by molar-refractivity contribution is -0.146. The van der Waals surface area contributed by atoms with E-state index in [9.17, 15) is 18.0 Å². The molecule has 1 fully saturated rings. The van der Waals surface area contributed by atoms with E-state index in [0.717, 1.165) is 30.4 Å². The number of carbonyl (C=O) groups is 2. The van der Waals surface area contributed by atoms with Crippen molar-refractivity contribution in [1.29, 1.82) is 0 Å². The van der Waals surface area contributed by atoms with Gasteiger partial charge in [-0.1, -0.05) is 55.8 Å². The van der Waals surface area contributed by atoms with Crippen molar-refractivity contribution in [2.24, 2.45) is 5.92 Å². The van der Waals surface area contributed by atoms with Gasteiger partial charge in [-0.3, -0.25) is 9.59 Å². The summed E-state index contributed by atoms with van der Waals surface area (Å²) >= 11 is 0. The summed E-state index contributed by atoms with van der Waals surface area (Å²) in [6.07, 6.45) is 3.61. The monoisotopic (exact) mass is 486 g/mol. The van der Waals surface area contributed by atoms with Crippen LogP contribution >= 0.6 is 0 Å². The van der Waals surface area contributed by atoms with E-state index in [1.54, 1.807) is 40.4 Å². The van der Waals surface area contributed by atoms with Crippen molar-refractivity contribution in [3.63, 3.8) is 0 Å². The van der Waals surface area contributed by atoms with E-state index in [1.165, 1.54) is 7.11 Å². The van der Waals surface area contributed by atoms with E-state index in [2.05, 4.69) is 0 Å². The molecule has 0 bridgehead atoms. The van der Waals surface area contributed by atoms with Crippen LogP contribution in [0.5, 0.6) is 0 Å². The molecule has 2 aromatic carbocycles. The number of esters is 1. The minimum Gasteiger partial charge on any atom is -0.469 e. The van der Waals surface area contributed by atoms with Crippen molar-refractivity contribution in [2.45, 2.75) is 50.5 Å². The maximum absolute atomic E-state index is 13.1. The van der Waals surface area contributed by atoms with E-state index in [1.807, 2.05) is 30.3 Å². The molecule has 1 aliphatic heterocycles. The van der Waals surface area contributed by atoms with Crippen molar-refractivity contribution in [1.82, 2.24) is 9.21 Å². The first kappa shape index (κ1) is 25.9. The third-order valence-electron chi connectivity index (χ3n) is 6.17. The number of benzene rings is 2. The average Bonchev–Trinajstić information content (AvgIpc) is 2.87. The maximum atomic E-state index is 13.1. The van der Waals surface area contributed by atoms with Gasteiger partial charge in [0, 0.05) is 32.6 Å². The van der Waals surface area contributed by atoms with Crippen LogP contribution in [-0.2, 0) is 37.3 Å². The Kier molecular flexibility index (Phi) is 9.24. The number of aryl methyl sites for hydroxylation is 1. The maximum Gasteiger partial charge on any atom is 0.310 e. The summed E-state index contributed by atoms with van der Waals surface area (Å²) in [5.74, 6) is -0.849. The van der Waals surface area contributed by atoms with Crippen LogP contribution in [0.15, 0.2) is 59.5 Å². The number of hydrogen-bond donors (Lipinski definition) is 0. The van der Waals surface area contributed by atoms with E-state index in [-0.39, 0.29) is 24.8 Å². The van der Waals surface area contributed by atoms with Crippen LogP contribution in [0.3, 0.4) is 0 Å². The molecule has 8 heteroatoms. The number of ether oxygens (including phenoxy) is 1. The van der Waals surface area contributed by atoms with Crippen molar-refractivity contribution in [3.8, 4) is 0 Å². The number of methoxy groups -OCH3 is 1. The number of hydrogen-bond acceptors (Lipinski definition) is 5. The number of nitrogens with zero attached hydrogens (tertiary/aromatic N) is 2. The number of carbonyl (C=O) groups excluding carboxylic acids is 2. The Hall–Kier alpha value is -2.71. The van der Waals surface area contributed by atoms with Gasteiger partial charge < -0.3 is 9.64 Å². The smallest absolute Gasteiger partial charge is 0.310 e. The Morgan fingerprint density at radius 1 is 0.971 bits per heavy atom. The molecule has 1 heterocycles. The van der Waals surface area contributed by atoms with Crippen LogP contribution in [0, 0.1) is 5.92 Å². The van der Waals surface area contributed by atoms with Gasteiger partial charge in [0.05, 0.1) is 17.9 Å². The van der Waals surface area contributed by atoms with Crippen LogP contribution in [0.1, 0.15) is 43.7 Å². The first-order valence-electron chi connectivity index (χ1n) is 11.8. The molecule has 34 heavy (non-hydrogen) atoms. The quantitative estimate of drug-likeness (QED) is 0.479. The summed E-state index contributed by atoms with van der Waals surface area (Å²) in [6, 6.07) is 16.5. The summed E-state index contributed by atoms with van der Waals surface area (Å²) in [5.41, 5.74) is 1.88.